The van der Waals surface area contributed by atoms with Gasteiger partial charge in [0.15, 0.2) is 0 Å². The average Bonchev–Trinajstić information content (AvgIpc) is 2.34. The summed E-state index contributed by atoms with van der Waals surface area (Å²) in [5.74, 6) is 0.895. The fourth-order valence-electron chi connectivity index (χ4n) is 1.54. The average molecular weight is 245 g/mol. The number of aryl methyl sites for hydroxylation is 1. The molecule has 2 aromatic rings. The van der Waals surface area contributed by atoms with Gasteiger partial charge in [0.25, 0.3) is 0 Å². The van der Waals surface area contributed by atoms with Gasteiger partial charge in [-0.3, -0.25) is 0 Å². The summed E-state index contributed by atoms with van der Waals surface area (Å²) in [7, 11) is 1.69. The number of nitrogen functional groups attached to an aromatic ring is 1. The summed E-state index contributed by atoms with van der Waals surface area (Å²) in [6, 6.07) is 14.0. The number of para-hydroxylation sites is 1. The Balaban J connectivity index is 2.28. The highest BCUT2D eigenvalue weighted by molar-refractivity contribution is 7.99. The van der Waals surface area contributed by atoms with Crippen molar-refractivity contribution in [2.45, 2.75) is 16.7 Å². The lowest BCUT2D eigenvalue weighted by Crippen LogP contribution is -1.89. The Morgan fingerprint density at radius 3 is 2.59 bits per heavy atom. The van der Waals surface area contributed by atoms with E-state index in [-0.39, 0.29) is 0 Å². The molecule has 0 aliphatic carbocycles. The van der Waals surface area contributed by atoms with Crippen LogP contribution in [0.4, 0.5) is 5.69 Å². The van der Waals surface area contributed by atoms with Crippen molar-refractivity contribution in [2.75, 3.05) is 12.8 Å². The number of benzene rings is 2. The molecule has 0 atom stereocenters. The summed E-state index contributed by atoms with van der Waals surface area (Å²) in [5.41, 5.74) is 7.73. The van der Waals surface area contributed by atoms with Crippen molar-refractivity contribution in [3.05, 3.63) is 48.0 Å². The molecule has 2 aromatic carbocycles. The molecule has 88 valence electrons. The molecule has 0 aliphatic heterocycles. The predicted molar refractivity (Wildman–Crippen MR) is 72.7 cm³/mol. The van der Waals surface area contributed by atoms with Crippen molar-refractivity contribution in [1.82, 2.24) is 0 Å². The molecule has 2 nitrogen and oxygen atoms in total. The number of hydrogen-bond acceptors (Lipinski definition) is 3. The number of rotatable bonds is 3. The second kappa shape index (κ2) is 5.15. The quantitative estimate of drug-likeness (QED) is 0.837. The van der Waals surface area contributed by atoms with Gasteiger partial charge in [0.05, 0.1) is 12.0 Å². The highest BCUT2D eigenvalue weighted by Gasteiger charge is 2.04. The lowest BCUT2D eigenvalue weighted by atomic mass is 10.2. The maximum atomic E-state index is 5.80. The largest absolute Gasteiger partial charge is 0.496 e. The Bertz CT molecular complexity index is 525. The van der Waals surface area contributed by atoms with Crippen LogP contribution in [0.15, 0.2) is 52.3 Å². The van der Waals surface area contributed by atoms with Gasteiger partial charge in [0.1, 0.15) is 5.75 Å². The van der Waals surface area contributed by atoms with Crippen LogP contribution in [0.2, 0.25) is 0 Å². The molecule has 0 heterocycles. The Morgan fingerprint density at radius 2 is 1.88 bits per heavy atom. The van der Waals surface area contributed by atoms with Crippen molar-refractivity contribution >= 4 is 17.4 Å². The number of anilines is 1. The van der Waals surface area contributed by atoms with Gasteiger partial charge >= 0.3 is 0 Å². The normalized spacial score (nSPS) is 10.2. The monoisotopic (exact) mass is 245 g/mol. The standard InChI is InChI=1S/C14H15NOS/c1-10-9-11(7-8-12(10)15)17-14-6-4-3-5-13(14)16-2/h3-9H,15H2,1-2H3. The number of hydrogen-bond donors (Lipinski definition) is 1. The highest BCUT2D eigenvalue weighted by Crippen LogP contribution is 2.35. The molecule has 0 bridgehead atoms. The lowest BCUT2D eigenvalue weighted by molar-refractivity contribution is 0.405. The van der Waals surface area contributed by atoms with Crippen molar-refractivity contribution in [3.63, 3.8) is 0 Å². The molecule has 3 heteroatoms. The molecule has 0 radical (unpaired) electrons. The topological polar surface area (TPSA) is 35.2 Å². The molecule has 0 aromatic heterocycles. The summed E-state index contributed by atoms with van der Waals surface area (Å²) in [6.07, 6.45) is 0. The van der Waals surface area contributed by atoms with Gasteiger partial charge in [0, 0.05) is 10.6 Å². The van der Waals surface area contributed by atoms with Crippen molar-refractivity contribution in [3.8, 4) is 5.75 Å². The zero-order valence-electron chi connectivity index (χ0n) is 9.94. The molecule has 17 heavy (non-hydrogen) atoms. The van der Waals surface area contributed by atoms with Crippen LogP contribution in [0.5, 0.6) is 5.75 Å². The molecule has 0 saturated heterocycles. The number of nitrogens with two attached hydrogens (primary N) is 1. The molecule has 2 N–H and O–H groups in total. The molecular formula is C14H15NOS. The predicted octanol–water partition coefficient (Wildman–Crippen LogP) is 3.74. The minimum absolute atomic E-state index is 0.828. The summed E-state index contributed by atoms with van der Waals surface area (Å²) in [4.78, 5) is 2.28. The molecule has 0 unspecified atom stereocenters. The molecule has 0 aliphatic rings. The molecule has 0 fully saturated rings. The van der Waals surface area contributed by atoms with E-state index in [1.54, 1.807) is 18.9 Å². The summed E-state index contributed by atoms with van der Waals surface area (Å²) in [6.45, 7) is 2.02. The Morgan fingerprint density at radius 1 is 1.12 bits per heavy atom. The van der Waals surface area contributed by atoms with Gasteiger partial charge in [0.2, 0.25) is 0 Å². The smallest absolute Gasteiger partial charge is 0.132 e. The first-order chi connectivity index (χ1) is 8.20. The second-order valence-electron chi connectivity index (χ2n) is 3.77. The molecule has 2 rings (SSSR count). The van der Waals surface area contributed by atoms with Crippen LogP contribution in [0.3, 0.4) is 0 Å². The van der Waals surface area contributed by atoms with Crippen molar-refractivity contribution in [2.24, 2.45) is 0 Å². The van der Waals surface area contributed by atoms with E-state index in [1.807, 2.05) is 37.3 Å². The van der Waals surface area contributed by atoms with Crippen LogP contribution < -0.4 is 10.5 Å². The summed E-state index contributed by atoms with van der Waals surface area (Å²) in [5, 5.41) is 0. The number of ether oxygens (including phenoxy) is 1. The Kier molecular flexibility index (Phi) is 3.59. The third kappa shape index (κ3) is 2.74. The van der Waals surface area contributed by atoms with Crippen LogP contribution in [-0.4, -0.2) is 7.11 Å². The van der Waals surface area contributed by atoms with Crippen LogP contribution in [0.25, 0.3) is 0 Å². The van der Waals surface area contributed by atoms with Crippen LogP contribution in [-0.2, 0) is 0 Å². The van der Waals surface area contributed by atoms with Gasteiger partial charge < -0.3 is 10.5 Å². The first-order valence-corrected chi connectivity index (χ1v) is 6.19. The van der Waals surface area contributed by atoms with E-state index in [1.165, 1.54) is 4.90 Å². The van der Waals surface area contributed by atoms with Crippen LogP contribution >= 0.6 is 11.8 Å². The zero-order chi connectivity index (χ0) is 12.3. The SMILES string of the molecule is COc1ccccc1Sc1ccc(N)c(C)c1. The molecule has 0 spiro atoms. The fraction of sp³-hybridized carbons (Fsp3) is 0.143. The minimum Gasteiger partial charge on any atom is -0.496 e. The van der Waals surface area contributed by atoms with E-state index in [0.29, 0.717) is 0 Å². The lowest BCUT2D eigenvalue weighted by Gasteiger charge is -2.08. The maximum absolute atomic E-state index is 5.80. The fourth-order valence-corrected chi connectivity index (χ4v) is 2.57. The molecular weight excluding hydrogens is 230 g/mol. The zero-order valence-corrected chi connectivity index (χ0v) is 10.8. The summed E-state index contributed by atoms with van der Waals surface area (Å²) < 4.78 is 5.33. The summed E-state index contributed by atoms with van der Waals surface area (Å²) >= 11 is 1.68. The Hall–Kier alpha value is -1.61. The van der Waals surface area contributed by atoms with Gasteiger partial charge in [-0.2, -0.15) is 0 Å². The van der Waals surface area contributed by atoms with E-state index in [4.69, 9.17) is 10.5 Å². The van der Waals surface area contributed by atoms with E-state index in [9.17, 15) is 0 Å². The minimum atomic E-state index is 0.828. The second-order valence-corrected chi connectivity index (χ2v) is 4.89. The van der Waals surface area contributed by atoms with E-state index >= 15 is 0 Å². The van der Waals surface area contributed by atoms with Crippen molar-refractivity contribution in [1.29, 1.82) is 0 Å². The van der Waals surface area contributed by atoms with Gasteiger partial charge in [-0.1, -0.05) is 23.9 Å². The van der Waals surface area contributed by atoms with Crippen LogP contribution in [0.1, 0.15) is 5.56 Å². The molecule has 0 saturated carbocycles. The van der Waals surface area contributed by atoms with Gasteiger partial charge in [-0.15, -0.1) is 0 Å². The van der Waals surface area contributed by atoms with Crippen molar-refractivity contribution < 1.29 is 4.74 Å². The first kappa shape index (κ1) is 11.9. The van der Waals surface area contributed by atoms with E-state index < -0.39 is 0 Å². The third-order valence-electron chi connectivity index (χ3n) is 2.54. The third-order valence-corrected chi connectivity index (χ3v) is 3.58. The first-order valence-electron chi connectivity index (χ1n) is 5.37. The Labute approximate surface area is 106 Å². The molecule has 0 amide bonds. The van der Waals surface area contributed by atoms with Gasteiger partial charge in [-0.05, 0) is 42.8 Å². The highest BCUT2D eigenvalue weighted by atomic mass is 32.2. The van der Waals surface area contributed by atoms with Gasteiger partial charge in [-0.25, -0.2) is 0 Å². The van der Waals surface area contributed by atoms with E-state index in [2.05, 4.69) is 12.1 Å². The maximum Gasteiger partial charge on any atom is 0.132 e. The van der Waals surface area contributed by atoms with E-state index in [0.717, 1.165) is 21.9 Å². The number of methoxy groups -OCH3 is 1. The van der Waals surface area contributed by atoms with Crippen LogP contribution in [0, 0.1) is 6.92 Å².